The highest BCUT2D eigenvalue weighted by atomic mass is 79.9. The molecule has 1 fully saturated rings. The molecular formula is C14H15BrN2O2. The van der Waals surface area contributed by atoms with E-state index in [0.717, 1.165) is 23.9 Å². The van der Waals surface area contributed by atoms with Crippen LogP contribution >= 0.6 is 15.9 Å². The van der Waals surface area contributed by atoms with E-state index >= 15 is 0 Å². The van der Waals surface area contributed by atoms with E-state index in [2.05, 4.69) is 21.2 Å². The molecule has 0 aliphatic carbocycles. The van der Waals surface area contributed by atoms with Gasteiger partial charge in [-0.15, -0.1) is 0 Å². The highest BCUT2D eigenvalue weighted by molar-refractivity contribution is 9.10. The molecule has 100 valence electrons. The molecule has 2 aliphatic rings. The lowest BCUT2D eigenvalue weighted by atomic mass is 9.98. The molecule has 0 bridgehead atoms. The van der Waals surface area contributed by atoms with Crippen LogP contribution in [0, 0.1) is 0 Å². The number of carbonyl (C=O) groups excluding carboxylic acids is 2. The molecule has 2 heterocycles. The quantitative estimate of drug-likeness (QED) is 0.806. The van der Waals surface area contributed by atoms with Crippen LogP contribution in [0.25, 0.3) is 0 Å². The summed E-state index contributed by atoms with van der Waals surface area (Å²) in [7, 11) is 0. The van der Waals surface area contributed by atoms with Gasteiger partial charge in [-0.3, -0.25) is 14.5 Å². The Hall–Kier alpha value is -1.20. The third-order valence-electron chi connectivity index (χ3n) is 3.93. The molecule has 4 nitrogen and oxygen atoms in total. The van der Waals surface area contributed by atoms with Gasteiger partial charge in [-0.2, -0.15) is 0 Å². The minimum atomic E-state index is -0.165. The first-order valence-corrected chi connectivity index (χ1v) is 7.29. The molecule has 2 unspecified atom stereocenters. The molecule has 1 N–H and O–H groups in total. The average molecular weight is 323 g/mol. The molecule has 1 aromatic rings. The van der Waals surface area contributed by atoms with Crippen molar-refractivity contribution in [2.75, 3.05) is 6.54 Å². The summed E-state index contributed by atoms with van der Waals surface area (Å²) in [5, 5.41) is 3.33. The summed E-state index contributed by atoms with van der Waals surface area (Å²) in [4.78, 5) is 26.3. The molecule has 1 aromatic carbocycles. The van der Waals surface area contributed by atoms with Crippen LogP contribution in [0.4, 0.5) is 0 Å². The van der Waals surface area contributed by atoms with E-state index in [1.807, 2.05) is 6.92 Å². The van der Waals surface area contributed by atoms with Crippen molar-refractivity contribution in [2.45, 2.75) is 31.8 Å². The first-order chi connectivity index (χ1) is 9.09. The van der Waals surface area contributed by atoms with Crippen LogP contribution in [0.5, 0.6) is 0 Å². The number of piperidine rings is 1. The number of halogens is 1. The second-order valence-corrected chi connectivity index (χ2v) is 6.04. The Morgan fingerprint density at radius 3 is 2.74 bits per heavy atom. The van der Waals surface area contributed by atoms with Crippen LogP contribution in [0.1, 0.15) is 40.5 Å². The third-order valence-corrected chi connectivity index (χ3v) is 4.43. The molecule has 0 radical (unpaired) electrons. The molecule has 3 rings (SSSR count). The number of rotatable bonds is 1. The van der Waals surface area contributed by atoms with Gasteiger partial charge in [-0.25, -0.2) is 0 Å². The highest BCUT2D eigenvalue weighted by Gasteiger charge is 2.42. The van der Waals surface area contributed by atoms with Crippen molar-refractivity contribution in [1.29, 1.82) is 0 Å². The maximum atomic E-state index is 12.5. The van der Waals surface area contributed by atoms with E-state index in [1.165, 1.54) is 4.90 Å². The summed E-state index contributed by atoms with van der Waals surface area (Å²) in [6.07, 6.45) is 1.87. The van der Waals surface area contributed by atoms with Crippen LogP contribution in [-0.4, -0.2) is 35.3 Å². The lowest BCUT2D eigenvalue weighted by Crippen LogP contribution is -2.54. The number of nitrogens with one attached hydrogen (secondary N) is 1. The Morgan fingerprint density at radius 2 is 2.00 bits per heavy atom. The predicted octanol–water partition coefficient (Wildman–Crippen LogP) is 2.19. The maximum absolute atomic E-state index is 12.5. The molecule has 0 aromatic heterocycles. The van der Waals surface area contributed by atoms with Gasteiger partial charge in [0.25, 0.3) is 11.8 Å². The number of nitrogens with zero attached hydrogens (tertiary/aromatic N) is 1. The van der Waals surface area contributed by atoms with Gasteiger partial charge >= 0.3 is 0 Å². The Balaban J connectivity index is 1.98. The SMILES string of the molecule is CC1NCCCC1N1C(=O)c2ccc(Br)cc2C1=O. The number of imide groups is 1. The van der Waals surface area contributed by atoms with Crippen LogP contribution in [-0.2, 0) is 0 Å². The van der Waals surface area contributed by atoms with Gasteiger partial charge in [0.15, 0.2) is 0 Å². The van der Waals surface area contributed by atoms with E-state index in [0.29, 0.717) is 11.1 Å². The zero-order valence-electron chi connectivity index (χ0n) is 10.6. The van der Waals surface area contributed by atoms with E-state index in [9.17, 15) is 9.59 Å². The second-order valence-electron chi connectivity index (χ2n) is 5.12. The fraction of sp³-hybridized carbons (Fsp3) is 0.429. The van der Waals surface area contributed by atoms with Gasteiger partial charge < -0.3 is 5.32 Å². The predicted molar refractivity (Wildman–Crippen MR) is 75.1 cm³/mol. The zero-order valence-corrected chi connectivity index (χ0v) is 12.2. The minimum absolute atomic E-state index is 0.0417. The smallest absolute Gasteiger partial charge is 0.261 e. The normalized spacial score (nSPS) is 26.7. The highest BCUT2D eigenvalue weighted by Crippen LogP contribution is 2.30. The summed E-state index contributed by atoms with van der Waals surface area (Å²) < 4.78 is 0.823. The largest absolute Gasteiger partial charge is 0.312 e. The lowest BCUT2D eigenvalue weighted by Gasteiger charge is -2.35. The molecule has 0 saturated carbocycles. The maximum Gasteiger partial charge on any atom is 0.261 e. The van der Waals surface area contributed by atoms with Crippen LogP contribution in [0.2, 0.25) is 0 Å². The Kier molecular flexibility index (Phi) is 3.19. The zero-order chi connectivity index (χ0) is 13.6. The van der Waals surface area contributed by atoms with E-state index < -0.39 is 0 Å². The fourth-order valence-corrected chi connectivity index (χ4v) is 3.27. The second kappa shape index (κ2) is 4.72. The van der Waals surface area contributed by atoms with Crippen molar-refractivity contribution in [3.8, 4) is 0 Å². The summed E-state index contributed by atoms with van der Waals surface area (Å²) in [6.45, 7) is 2.98. The molecule has 1 saturated heterocycles. The summed E-state index contributed by atoms with van der Waals surface area (Å²) >= 11 is 3.35. The van der Waals surface area contributed by atoms with Crippen molar-refractivity contribution in [3.05, 3.63) is 33.8 Å². The number of benzene rings is 1. The van der Waals surface area contributed by atoms with E-state index in [1.54, 1.807) is 18.2 Å². The lowest BCUT2D eigenvalue weighted by molar-refractivity contribution is 0.0521. The first kappa shape index (κ1) is 12.8. The summed E-state index contributed by atoms with van der Waals surface area (Å²) in [5.74, 6) is -0.324. The van der Waals surface area contributed by atoms with Crippen LogP contribution < -0.4 is 5.32 Å². The monoisotopic (exact) mass is 322 g/mol. The summed E-state index contributed by atoms with van der Waals surface area (Å²) in [5.41, 5.74) is 1.03. The van der Waals surface area contributed by atoms with Crippen LogP contribution in [0.3, 0.4) is 0 Å². The van der Waals surface area contributed by atoms with Gasteiger partial charge in [0.05, 0.1) is 17.2 Å². The van der Waals surface area contributed by atoms with Gasteiger partial charge in [-0.05, 0) is 44.5 Å². The fourth-order valence-electron chi connectivity index (χ4n) is 2.91. The van der Waals surface area contributed by atoms with Gasteiger partial charge in [-0.1, -0.05) is 15.9 Å². The number of fused-ring (bicyclic) bond motifs is 1. The van der Waals surface area contributed by atoms with Crippen molar-refractivity contribution in [1.82, 2.24) is 10.2 Å². The van der Waals surface area contributed by atoms with Gasteiger partial charge in [0.2, 0.25) is 0 Å². The number of hydrogen-bond acceptors (Lipinski definition) is 3. The molecule has 2 amide bonds. The molecule has 0 spiro atoms. The molecule has 19 heavy (non-hydrogen) atoms. The molecule has 5 heteroatoms. The van der Waals surface area contributed by atoms with Crippen molar-refractivity contribution >= 4 is 27.7 Å². The molecular weight excluding hydrogens is 308 g/mol. The van der Waals surface area contributed by atoms with E-state index in [4.69, 9.17) is 0 Å². The van der Waals surface area contributed by atoms with Crippen molar-refractivity contribution < 1.29 is 9.59 Å². The number of carbonyl (C=O) groups is 2. The minimum Gasteiger partial charge on any atom is -0.312 e. The number of hydrogen-bond donors (Lipinski definition) is 1. The molecule has 2 atom stereocenters. The van der Waals surface area contributed by atoms with Crippen LogP contribution in [0.15, 0.2) is 22.7 Å². The number of amides is 2. The Labute approximate surface area is 120 Å². The first-order valence-electron chi connectivity index (χ1n) is 6.50. The van der Waals surface area contributed by atoms with Gasteiger partial charge in [0, 0.05) is 10.5 Å². The summed E-state index contributed by atoms with van der Waals surface area (Å²) in [6, 6.07) is 5.37. The Bertz CT molecular complexity index is 558. The van der Waals surface area contributed by atoms with Gasteiger partial charge in [0.1, 0.15) is 0 Å². The standard InChI is InChI=1S/C14H15BrN2O2/c1-8-12(3-2-6-16-8)17-13(18)10-5-4-9(15)7-11(10)14(17)19/h4-5,7-8,12,16H,2-3,6H2,1H3. The van der Waals surface area contributed by atoms with E-state index in [-0.39, 0.29) is 23.9 Å². The van der Waals surface area contributed by atoms with Crippen molar-refractivity contribution in [2.24, 2.45) is 0 Å². The third kappa shape index (κ3) is 2.01. The topological polar surface area (TPSA) is 49.4 Å². The Morgan fingerprint density at radius 1 is 1.26 bits per heavy atom. The average Bonchev–Trinajstić information content (AvgIpc) is 2.63. The molecule has 2 aliphatic heterocycles. The van der Waals surface area contributed by atoms with Crippen molar-refractivity contribution in [3.63, 3.8) is 0 Å².